The SMILES string of the molecule is CC1CCC(C(N)=O)CN1C(=O)c1cccc(C#N)c1. The number of nitrogens with two attached hydrogens (primary N) is 1. The molecule has 1 heterocycles. The van der Waals surface area contributed by atoms with Crippen LogP contribution >= 0.6 is 0 Å². The summed E-state index contributed by atoms with van der Waals surface area (Å²) in [6.07, 6.45) is 1.48. The van der Waals surface area contributed by atoms with Crippen LogP contribution in [0, 0.1) is 17.2 Å². The molecule has 2 atom stereocenters. The third-order valence-electron chi connectivity index (χ3n) is 3.78. The summed E-state index contributed by atoms with van der Waals surface area (Å²) in [6.45, 7) is 2.31. The Kier molecular flexibility index (Phi) is 4.04. The van der Waals surface area contributed by atoms with E-state index in [-0.39, 0.29) is 23.8 Å². The molecule has 0 spiro atoms. The number of hydrogen-bond acceptors (Lipinski definition) is 3. The molecule has 1 fully saturated rings. The van der Waals surface area contributed by atoms with Crippen molar-refractivity contribution in [3.8, 4) is 6.07 Å². The lowest BCUT2D eigenvalue weighted by Gasteiger charge is -2.37. The van der Waals surface area contributed by atoms with Gasteiger partial charge in [-0.15, -0.1) is 0 Å². The van der Waals surface area contributed by atoms with Crippen molar-refractivity contribution in [3.05, 3.63) is 35.4 Å². The van der Waals surface area contributed by atoms with Crippen LogP contribution in [0.1, 0.15) is 35.7 Å². The van der Waals surface area contributed by atoms with Crippen LogP contribution in [0.15, 0.2) is 24.3 Å². The van der Waals surface area contributed by atoms with Crippen LogP contribution in [-0.4, -0.2) is 29.3 Å². The molecule has 0 radical (unpaired) electrons. The van der Waals surface area contributed by atoms with E-state index in [0.29, 0.717) is 17.7 Å². The van der Waals surface area contributed by atoms with Crippen LogP contribution in [0.5, 0.6) is 0 Å². The summed E-state index contributed by atoms with van der Waals surface area (Å²) in [7, 11) is 0. The Labute approximate surface area is 118 Å². The maximum atomic E-state index is 12.5. The number of nitriles is 1. The van der Waals surface area contributed by atoms with Gasteiger partial charge in [0.2, 0.25) is 5.91 Å². The van der Waals surface area contributed by atoms with Gasteiger partial charge >= 0.3 is 0 Å². The van der Waals surface area contributed by atoms with Gasteiger partial charge in [0.1, 0.15) is 0 Å². The number of carbonyl (C=O) groups is 2. The zero-order chi connectivity index (χ0) is 14.7. The predicted octanol–water partition coefficient (Wildman–Crippen LogP) is 1.28. The van der Waals surface area contributed by atoms with Gasteiger partial charge in [-0.3, -0.25) is 9.59 Å². The van der Waals surface area contributed by atoms with Crippen molar-refractivity contribution in [2.45, 2.75) is 25.8 Å². The van der Waals surface area contributed by atoms with E-state index in [1.807, 2.05) is 13.0 Å². The summed E-state index contributed by atoms with van der Waals surface area (Å²) in [6, 6.07) is 8.69. The quantitative estimate of drug-likeness (QED) is 0.879. The molecule has 5 nitrogen and oxygen atoms in total. The van der Waals surface area contributed by atoms with Gasteiger partial charge in [0, 0.05) is 18.2 Å². The molecule has 5 heteroatoms. The molecule has 104 valence electrons. The van der Waals surface area contributed by atoms with E-state index in [1.54, 1.807) is 29.2 Å². The van der Waals surface area contributed by atoms with E-state index < -0.39 is 0 Å². The molecule has 2 amide bonds. The first-order chi connectivity index (χ1) is 9.52. The van der Waals surface area contributed by atoms with Crippen LogP contribution in [0.4, 0.5) is 0 Å². The van der Waals surface area contributed by atoms with Gasteiger partial charge in [0.15, 0.2) is 0 Å². The van der Waals surface area contributed by atoms with Gasteiger partial charge in [-0.25, -0.2) is 0 Å². The fraction of sp³-hybridized carbons (Fsp3) is 0.400. The fourth-order valence-electron chi connectivity index (χ4n) is 2.51. The molecule has 20 heavy (non-hydrogen) atoms. The number of rotatable bonds is 2. The highest BCUT2D eigenvalue weighted by Crippen LogP contribution is 2.23. The standard InChI is InChI=1S/C15H17N3O2/c1-10-5-6-13(14(17)19)9-18(10)15(20)12-4-2-3-11(7-12)8-16/h2-4,7,10,13H,5-6,9H2,1H3,(H2,17,19). The van der Waals surface area contributed by atoms with Crippen molar-refractivity contribution in [1.82, 2.24) is 4.90 Å². The Morgan fingerprint density at radius 2 is 2.15 bits per heavy atom. The Morgan fingerprint density at radius 1 is 1.40 bits per heavy atom. The lowest BCUT2D eigenvalue weighted by Crippen LogP contribution is -2.48. The van der Waals surface area contributed by atoms with Gasteiger partial charge in [-0.05, 0) is 38.0 Å². The number of benzene rings is 1. The second-order valence-electron chi connectivity index (χ2n) is 5.18. The molecule has 2 rings (SSSR count). The molecule has 1 aromatic rings. The molecule has 0 aromatic heterocycles. The summed E-state index contributed by atoms with van der Waals surface area (Å²) in [5, 5.41) is 8.88. The third-order valence-corrected chi connectivity index (χ3v) is 3.78. The number of primary amides is 1. The number of likely N-dealkylation sites (tertiary alicyclic amines) is 1. The van der Waals surface area contributed by atoms with E-state index in [1.165, 1.54) is 0 Å². The summed E-state index contributed by atoms with van der Waals surface area (Å²) >= 11 is 0. The van der Waals surface area contributed by atoms with Crippen LogP contribution in [0.25, 0.3) is 0 Å². The van der Waals surface area contributed by atoms with E-state index >= 15 is 0 Å². The van der Waals surface area contributed by atoms with E-state index in [4.69, 9.17) is 11.0 Å². The Hall–Kier alpha value is -2.35. The van der Waals surface area contributed by atoms with Crippen LogP contribution in [0.2, 0.25) is 0 Å². The van der Waals surface area contributed by atoms with E-state index in [2.05, 4.69) is 0 Å². The van der Waals surface area contributed by atoms with Gasteiger partial charge in [-0.1, -0.05) is 6.07 Å². The third kappa shape index (κ3) is 2.80. The highest BCUT2D eigenvalue weighted by Gasteiger charge is 2.32. The molecule has 1 saturated heterocycles. The van der Waals surface area contributed by atoms with Gasteiger partial charge < -0.3 is 10.6 Å². The Morgan fingerprint density at radius 3 is 2.80 bits per heavy atom. The highest BCUT2D eigenvalue weighted by molar-refractivity contribution is 5.95. The maximum absolute atomic E-state index is 12.5. The van der Waals surface area contributed by atoms with Crippen molar-refractivity contribution >= 4 is 11.8 Å². The smallest absolute Gasteiger partial charge is 0.254 e. The molecule has 1 aromatic carbocycles. The van der Waals surface area contributed by atoms with E-state index in [0.717, 1.165) is 12.8 Å². The molecule has 0 saturated carbocycles. The van der Waals surface area contributed by atoms with Gasteiger partial charge in [0.25, 0.3) is 5.91 Å². The molecule has 1 aliphatic heterocycles. The molecule has 2 unspecified atom stereocenters. The minimum Gasteiger partial charge on any atom is -0.369 e. The first-order valence-corrected chi connectivity index (χ1v) is 6.63. The average molecular weight is 271 g/mol. The summed E-state index contributed by atoms with van der Waals surface area (Å²) < 4.78 is 0. The van der Waals surface area contributed by atoms with Crippen molar-refractivity contribution < 1.29 is 9.59 Å². The maximum Gasteiger partial charge on any atom is 0.254 e. The molecule has 0 bridgehead atoms. The number of amides is 2. The van der Waals surface area contributed by atoms with Crippen molar-refractivity contribution in [2.24, 2.45) is 11.7 Å². The number of carbonyl (C=O) groups excluding carboxylic acids is 2. The van der Waals surface area contributed by atoms with Crippen LogP contribution in [0.3, 0.4) is 0 Å². The Bertz CT molecular complexity index is 577. The lowest BCUT2D eigenvalue weighted by atomic mass is 9.92. The molecule has 0 aliphatic carbocycles. The average Bonchev–Trinajstić information content (AvgIpc) is 2.46. The van der Waals surface area contributed by atoms with Gasteiger partial charge in [0.05, 0.1) is 17.6 Å². The summed E-state index contributed by atoms with van der Waals surface area (Å²) in [5.41, 5.74) is 6.26. The number of hydrogen-bond donors (Lipinski definition) is 1. The largest absolute Gasteiger partial charge is 0.369 e. The van der Waals surface area contributed by atoms with E-state index in [9.17, 15) is 9.59 Å². The zero-order valence-electron chi connectivity index (χ0n) is 11.4. The van der Waals surface area contributed by atoms with Gasteiger partial charge in [-0.2, -0.15) is 5.26 Å². The summed E-state index contributed by atoms with van der Waals surface area (Å²) in [4.78, 5) is 25.5. The summed E-state index contributed by atoms with van der Waals surface area (Å²) in [5.74, 6) is -0.796. The second kappa shape index (κ2) is 5.74. The minimum absolute atomic E-state index is 0.0730. The lowest BCUT2D eigenvalue weighted by molar-refractivity contribution is -0.123. The van der Waals surface area contributed by atoms with Crippen LogP contribution in [-0.2, 0) is 4.79 Å². The molecular weight excluding hydrogens is 254 g/mol. The molecule has 1 aliphatic rings. The normalized spacial score (nSPS) is 22.1. The van der Waals surface area contributed by atoms with Crippen molar-refractivity contribution in [1.29, 1.82) is 5.26 Å². The Balaban J connectivity index is 2.22. The van der Waals surface area contributed by atoms with Crippen LogP contribution < -0.4 is 5.73 Å². The zero-order valence-corrected chi connectivity index (χ0v) is 11.4. The molecule has 2 N–H and O–H groups in total. The van der Waals surface area contributed by atoms with Crippen molar-refractivity contribution in [2.75, 3.05) is 6.54 Å². The number of piperidine rings is 1. The minimum atomic E-state index is -0.361. The fourth-order valence-corrected chi connectivity index (χ4v) is 2.51. The predicted molar refractivity (Wildman–Crippen MR) is 73.6 cm³/mol. The van der Waals surface area contributed by atoms with Crippen molar-refractivity contribution in [3.63, 3.8) is 0 Å². The highest BCUT2D eigenvalue weighted by atomic mass is 16.2. The topological polar surface area (TPSA) is 87.2 Å². The first kappa shape index (κ1) is 14.1. The second-order valence-corrected chi connectivity index (χ2v) is 5.18. The first-order valence-electron chi connectivity index (χ1n) is 6.63. The monoisotopic (exact) mass is 271 g/mol. The number of nitrogens with zero attached hydrogens (tertiary/aromatic N) is 2. The molecular formula is C15H17N3O2.